The molecule has 0 saturated heterocycles. The van der Waals surface area contributed by atoms with Crippen LogP contribution in [-0.4, -0.2) is 21.9 Å². The van der Waals surface area contributed by atoms with E-state index in [4.69, 9.17) is 0 Å². The Morgan fingerprint density at radius 2 is 1.93 bits per heavy atom. The molecular weight excluding hydrogens is 188 g/mol. The third kappa shape index (κ3) is 4.52. The van der Waals surface area contributed by atoms with Gasteiger partial charge in [0.25, 0.3) is 0 Å². The summed E-state index contributed by atoms with van der Waals surface area (Å²) in [5.41, 5.74) is -0.639. The summed E-state index contributed by atoms with van der Waals surface area (Å²) < 4.78 is 0. The van der Waals surface area contributed by atoms with E-state index in [0.29, 0.717) is 5.92 Å². The molecule has 1 aliphatic rings. The second-order valence-electron chi connectivity index (χ2n) is 5.81. The molecule has 1 fully saturated rings. The van der Waals surface area contributed by atoms with Crippen molar-refractivity contribution in [1.29, 1.82) is 0 Å². The van der Waals surface area contributed by atoms with E-state index in [1.807, 2.05) is 13.8 Å². The smallest absolute Gasteiger partial charge is 0.0595 e. The maximum atomic E-state index is 9.91. The summed E-state index contributed by atoms with van der Waals surface area (Å²) in [4.78, 5) is 0. The van der Waals surface area contributed by atoms with Gasteiger partial charge in [-0.25, -0.2) is 0 Å². The number of hydrogen-bond acceptors (Lipinski definition) is 2. The molecule has 0 aromatic rings. The first-order valence-corrected chi connectivity index (χ1v) is 6.33. The first kappa shape index (κ1) is 13.0. The molecule has 0 aromatic carbocycles. The van der Waals surface area contributed by atoms with Gasteiger partial charge in [0.15, 0.2) is 0 Å². The fourth-order valence-electron chi connectivity index (χ4n) is 2.88. The second-order valence-corrected chi connectivity index (χ2v) is 5.81. The zero-order chi connectivity index (χ0) is 11.5. The Morgan fingerprint density at radius 1 is 1.27 bits per heavy atom. The van der Waals surface area contributed by atoms with Crippen LogP contribution in [0.5, 0.6) is 0 Å². The highest BCUT2D eigenvalue weighted by molar-refractivity contribution is 4.83. The molecule has 0 heterocycles. The Labute approximate surface area is 93.7 Å². The Bertz CT molecular complexity index is 183. The van der Waals surface area contributed by atoms with Crippen molar-refractivity contribution < 1.29 is 10.2 Å². The van der Waals surface area contributed by atoms with Gasteiger partial charge in [-0.2, -0.15) is 0 Å². The summed E-state index contributed by atoms with van der Waals surface area (Å²) in [5, 5.41) is 19.7. The summed E-state index contributed by atoms with van der Waals surface area (Å²) in [5.74, 6) is 1.07. The lowest BCUT2D eigenvalue weighted by atomic mass is 9.74. The van der Waals surface area contributed by atoms with Gasteiger partial charge in [0, 0.05) is 0 Å². The minimum absolute atomic E-state index is 0.190. The predicted octanol–water partition coefficient (Wildman–Crippen LogP) is 2.72. The van der Waals surface area contributed by atoms with Gasteiger partial charge in [0.2, 0.25) is 0 Å². The van der Waals surface area contributed by atoms with Crippen LogP contribution in [0.25, 0.3) is 0 Å². The van der Waals surface area contributed by atoms with Crippen LogP contribution in [0.3, 0.4) is 0 Å². The number of aliphatic hydroxyl groups excluding tert-OH is 1. The lowest BCUT2D eigenvalue weighted by Crippen LogP contribution is -2.35. The average Bonchev–Trinajstić information content (AvgIpc) is 2.09. The summed E-state index contributed by atoms with van der Waals surface area (Å²) >= 11 is 0. The van der Waals surface area contributed by atoms with Crippen molar-refractivity contribution in [2.75, 3.05) is 0 Å². The third-order valence-corrected chi connectivity index (χ3v) is 3.51. The van der Waals surface area contributed by atoms with Gasteiger partial charge in [-0.05, 0) is 51.4 Å². The molecule has 2 N–H and O–H groups in total. The second kappa shape index (κ2) is 5.31. The number of hydrogen-bond donors (Lipinski definition) is 2. The van der Waals surface area contributed by atoms with E-state index in [-0.39, 0.29) is 6.10 Å². The topological polar surface area (TPSA) is 40.5 Å². The van der Waals surface area contributed by atoms with Crippen molar-refractivity contribution in [3.8, 4) is 0 Å². The van der Waals surface area contributed by atoms with E-state index in [9.17, 15) is 10.2 Å². The van der Waals surface area contributed by atoms with E-state index in [0.717, 1.165) is 31.6 Å². The molecule has 90 valence electrons. The molecule has 2 nitrogen and oxygen atoms in total. The first-order valence-electron chi connectivity index (χ1n) is 6.33. The number of aliphatic hydroxyl groups is 2. The van der Waals surface area contributed by atoms with E-state index < -0.39 is 5.60 Å². The Kier molecular flexibility index (Phi) is 4.60. The third-order valence-electron chi connectivity index (χ3n) is 3.51. The van der Waals surface area contributed by atoms with Crippen LogP contribution in [0.15, 0.2) is 0 Å². The minimum atomic E-state index is -0.639. The molecule has 0 aromatic heterocycles. The van der Waals surface area contributed by atoms with Crippen LogP contribution in [-0.2, 0) is 0 Å². The normalized spacial score (nSPS) is 33.0. The maximum absolute atomic E-state index is 9.91. The molecule has 0 spiro atoms. The van der Waals surface area contributed by atoms with Crippen LogP contribution < -0.4 is 0 Å². The molecule has 0 amide bonds. The van der Waals surface area contributed by atoms with Gasteiger partial charge >= 0.3 is 0 Å². The molecule has 1 rings (SSSR count). The molecular formula is C13H26O2. The van der Waals surface area contributed by atoms with Crippen molar-refractivity contribution in [2.45, 2.75) is 71.0 Å². The lowest BCUT2D eigenvalue weighted by Gasteiger charge is -2.36. The molecule has 0 aliphatic heterocycles. The summed E-state index contributed by atoms with van der Waals surface area (Å²) in [6.07, 6.45) is 6.23. The van der Waals surface area contributed by atoms with E-state index in [1.165, 1.54) is 12.8 Å². The Hall–Kier alpha value is -0.0800. The molecule has 0 bridgehead atoms. The van der Waals surface area contributed by atoms with Gasteiger partial charge in [0.05, 0.1) is 11.7 Å². The molecule has 3 atom stereocenters. The van der Waals surface area contributed by atoms with Gasteiger partial charge in [-0.15, -0.1) is 0 Å². The van der Waals surface area contributed by atoms with Crippen LogP contribution in [0.4, 0.5) is 0 Å². The Balaban J connectivity index is 2.46. The highest BCUT2D eigenvalue weighted by Crippen LogP contribution is 2.36. The van der Waals surface area contributed by atoms with Crippen LogP contribution in [0, 0.1) is 11.8 Å². The first-order chi connectivity index (χ1) is 6.92. The summed E-state index contributed by atoms with van der Waals surface area (Å²) in [6, 6.07) is 0. The van der Waals surface area contributed by atoms with Crippen molar-refractivity contribution in [2.24, 2.45) is 11.8 Å². The van der Waals surface area contributed by atoms with Crippen LogP contribution >= 0.6 is 0 Å². The lowest BCUT2D eigenvalue weighted by molar-refractivity contribution is -0.0154. The number of rotatable bonds is 4. The van der Waals surface area contributed by atoms with Gasteiger partial charge < -0.3 is 10.2 Å². The van der Waals surface area contributed by atoms with Crippen molar-refractivity contribution in [1.82, 2.24) is 0 Å². The van der Waals surface area contributed by atoms with Crippen molar-refractivity contribution >= 4 is 0 Å². The van der Waals surface area contributed by atoms with Crippen LogP contribution in [0.2, 0.25) is 0 Å². The van der Waals surface area contributed by atoms with E-state index in [2.05, 4.69) is 6.92 Å². The molecule has 1 saturated carbocycles. The average molecular weight is 214 g/mol. The molecule has 2 heteroatoms. The van der Waals surface area contributed by atoms with E-state index in [1.54, 1.807) is 0 Å². The van der Waals surface area contributed by atoms with Gasteiger partial charge in [-0.1, -0.05) is 19.8 Å². The quantitative estimate of drug-likeness (QED) is 0.755. The standard InChI is InChI=1S/C13H26O2/c1-4-5-10-6-7-12(14)11(8-10)9-13(2,3)15/h10-12,14-15H,4-9H2,1-3H3. The van der Waals surface area contributed by atoms with Crippen molar-refractivity contribution in [3.05, 3.63) is 0 Å². The minimum Gasteiger partial charge on any atom is -0.393 e. The molecule has 15 heavy (non-hydrogen) atoms. The highest BCUT2D eigenvalue weighted by atomic mass is 16.3. The molecule has 3 unspecified atom stereocenters. The molecule has 1 aliphatic carbocycles. The maximum Gasteiger partial charge on any atom is 0.0595 e. The van der Waals surface area contributed by atoms with Gasteiger partial charge in [0.1, 0.15) is 0 Å². The fourth-order valence-corrected chi connectivity index (χ4v) is 2.88. The predicted molar refractivity (Wildman–Crippen MR) is 62.7 cm³/mol. The van der Waals surface area contributed by atoms with Crippen LogP contribution in [0.1, 0.15) is 59.3 Å². The fraction of sp³-hybridized carbons (Fsp3) is 1.00. The zero-order valence-corrected chi connectivity index (χ0v) is 10.4. The summed E-state index contributed by atoms with van der Waals surface area (Å²) in [6.45, 7) is 5.89. The monoisotopic (exact) mass is 214 g/mol. The largest absolute Gasteiger partial charge is 0.393 e. The Morgan fingerprint density at radius 3 is 2.47 bits per heavy atom. The van der Waals surface area contributed by atoms with Gasteiger partial charge in [-0.3, -0.25) is 0 Å². The van der Waals surface area contributed by atoms with Crippen molar-refractivity contribution in [3.63, 3.8) is 0 Å². The van der Waals surface area contributed by atoms with E-state index >= 15 is 0 Å². The summed E-state index contributed by atoms with van der Waals surface area (Å²) in [7, 11) is 0. The SMILES string of the molecule is CCCC1CCC(O)C(CC(C)(C)O)C1. The molecule has 0 radical (unpaired) electrons. The highest BCUT2D eigenvalue weighted by Gasteiger charge is 2.32. The zero-order valence-electron chi connectivity index (χ0n) is 10.4.